The number of carbonyl (C=O) groups excluding carboxylic acids is 1. The second-order valence-electron chi connectivity index (χ2n) is 5.04. The van der Waals surface area contributed by atoms with Gasteiger partial charge in [-0.25, -0.2) is 0 Å². The fraction of sp³-hybridized carbons (Fsp3) is 0.294. The zero-order valence-corrected chi connectivity index (χ0v) is 12.2. The number of aryl methyl sites for hydroxylation is 2. The summed E-state index contributed by atoms with van der Waals surface area (Å²) >= 11 is 0. The molecule has 3 heteroatoms. The number of aromatic nitrogens is 1. The predicted molar refractivity (Wildman–Crippen MR) is 80.7 cm³/mol. The number of nitrogens with one attached hydrogen (secondary N) is 1. The van der Waals surface area contributed by atoms with Gasteiger partial charge in [0.05, 0.1) is 11.6 Å². The van der Waals surface area contributed by atoms with Gasteiger partial charge in [0, 0.05) is 12.4 Å². The van der Waals surface area contributed by atoms with Crippen LogP contribution in [0.2, 0.25) is 0 Å². The maximum absolute atomic E-state index is 12.2. The lowest BCUT2D eigenvalue weighted by atomic mass is 9.97. The van der Waals surface area contributed by atoms with Gasteiger partial charge in [-0.1, -0.05) is 30.7 Å². The van der Waals surface area contributed by atoms with E-state index in [4.69, 9.17) is 0 Å². The van der Waals surface area contributed by atoms with Crippen LogP contribution in [0.3, 0.4) is 0 Å². The smallest absolute Gasteiger partial charge is 0.253 e. The van der Waals surface area contributed by atoms with E-state index in [-0.39, 0.29) is 11.9 Å². The Bertz CT molecular complexity index is 593. The lowest BCUT2D eigenvalue weighted by molar-refractivity contribution is 0.0935. The lowest BCUT2D eigenvalue weighted by Gasteiger charge is -2.20. The molecule has 0 bridgehead atoms. The predicted octanol–water partition coefficient (Wildman–Crippen LogP) is 3.58. The maximum Gasteiger partial charge on any atom is 0.253 e. The van der Waals surface area contributed by atoms with Crippen molar-refractivity contribution in [2.24, 2.45) is 0 Å². The fourth-order valence-corrected chi connectivity index (χ4v) is 2.35. The van der Waals surface area contributed by atoms with E-state index in [2.05, 4.69) is 49.3 Å². The molecule has 0 unspecified atom stereocenters. The van der Waals surface area contributed by atoms with Crippen LogP contribution >= 0.6 is 0 Å². The van der Waals surface area contributed by atoms with Crippen molar-refractivity contribution in [2.75, 3.05) is 0 Å². The molecule has 0 aliphatic rings. The number of hydrogen-bond acceptors (Lipinski definition) is 2. The Morgan fingerprint density at radius 2 is 2.10 bits per heavy atom. The van der Waals surface area contributed by atoms with Crippen molar-refractivity contribution in [1.29, 1.82) is 0 Å². The molecule has 0 saturated carbocycles. The minimum atomic E-state index is -0.0788. The number of amides is 1. The van der Waals surface area contributed by atoms with Crippen molar-refractivity contribution in [3.05, 3.63) is 65.0 Å². The first-order chi connectivity index (χ1) is 9.61. The summed E-state index contributed by atoms with van der Waals surface area (Å²) < 4.78 is 0. The van der Waals surface area contributed by atoms with Gasteiger partial charge in [0.25, 0.3) is 5.91 Å². The molecule has 0 saturated heterocycles. The van der Waals surface area contributed by atoms with Crippen LogP contribution in [0.4, 0.5) is 0 Å². The first kappa shape index (κ1) is 14.3. The quantitative estimate of drug-likeness (QED) is 0.921. The maximum atomic E-state index is 12.2. The molecule has 0 aliphatic carbocycles. The third-order valence-electron chi connectivity index (χ3n) is 3.44. The molecule has 104 valence electrons. The van der Waals surface area contributed by atoms with Crippen LogP contribution in [-0.4, -0.2) is 10.9 Å². The van der Waals surface area contributed by atoms with E-state index in [1.807, 2.05) is 0 Å². The molecule has 1 aromatic heterocycles. The third kappa shape index (κ3) is 3.23. The van der Waals surface area contributed by atoms with Gasteiger partial charge in [-0.3, -0.25) is 9.78 Å². The van der Waals surface area contributed by atoms with Crippen LogP contribution in [0.1, 0.15) is 46.4 Å². The molecule has 2 aromatic rings. The monoisotopic (exact) mass is 268 g/mol. The van der Waals surface area contributed by atoms with Gasteiger partial charge >= 0.3 is 0 Å². The van der Waals surface area contributed by atoms with E-state index in [0.29, 0.717) is 5.56 Å². The number of nitrogens with zero attached hydrogens (tertiary/aromatic N) is 1. The van der Waals surface area contributed by atoms with Gasteiger partial charge < -0.3 is 5.32 Å². The number of pyridine rings is 1. The van der Waals surface area contributed by atoms with Crippen LogP contribution in [0.5, 0.6) is 0 Å². The number of rotatable bonds is 4. The molecule has 1 aromatic carbocycles. The Balaban J connectivity index is 2.19. The summed E-state index contributed by atoms with van der Waals surface area (Å²) in [6, 6.07) is 9.91. The van der Waals surface area contributed by atoms with Gasteiger partial charge in [0.1, 0.15) is 0 Å². The Labute approximate surface area is 120 Å². The standard InChI is InChI=1S/C17H20N2O/c1-4-16(15-8-7-12(2)10-13(15)3)19-17(20)14-6-5-9-18-11-14/h5-11,16H,4H2,1-3H3,(H,19,20)/t16-/m0/s1. The summed E-state index contributed by atoms with van der Waals surface area (Å²) in [5.74, 6) is -0.0788. The molecule has 1 atom stereocenters. The molecule has 0 fully saturated rings. The van der Waals surface area contributed by atoms with E-state index in [9.17, 15) is 4.79 Å². The van der Waals surface area contributed by atoms with Crippen LogP contribution in [0, 0.1) is 13.8 Å². The normalized spacial score (nSPS) is 11.9. The molecule has 2 rings (SSSR count). The minimum Gasteiger partial charge on any atom is -0.345 e. The molecular formula is C17H20N2O. The zero-order chi connectivity index (χ0) is 14.5. The largest absolute Gasteiger partial charge is 0.345 e. The highest BCUT2D eigenvalue weighted by molar-refractivity contribution is 5.94. The highest BCUT2D eigenvalue weighted by Crippen LogP contribution is 2.22. The second kappa shape index (κ2) is 6.33. The van der Waals surface area contributed by atoms with Crippen LogP contribution in [-0.2, 0) is 0 Å². The third-order valence-corrected chi connectivity index (χ3v) is 3.44. The Hall–Kier alpha value is -2.16. The Kier molecular flexibility index (Phi) is 4.51. The second-order valence-corrected chi connectivity index (χ2v) is 5.04. The van der Waals surface area contributed by atoms with Crippen molar-refractivity contribution in [2.45, 2.75) is 33.2 Å². The van der Waals surface area contributed by atoms with Crippen LogP contribution < -0.4 is 5.32 Å². The van der Waals surface area contributed by atoms with Crippen LogP contribution in [0.25, 0.3) is 0 Å². The SMILES string of the molecule is CC[C@H](NC(=O)c1cccnc1)c1ccc(C)cc1C. The van der Waals surface area contributed by atoms with Gasteiger partial charge in [0.2, 0.25) is 0 Å². The van der Waals surface area contributed by atoms with E-state index < -0.39 is 0 Å². The molecule has 3 nitrogen and oxygen atoms in total. The van der Waals surface area contributed by atoms with Crippen molar-refractivity contribution in [1.82, 2.24) is 10.3 Å². The van der Waals surface area contributed by atoms with E-state index >= 15 is 0 Å². The molecule has 0 radical (unpaired) electrons. The molecule has 20 heavy (non-hydrogen) atoms. The van der Waals surface area contributed by atoms with Gasteiger partial charge in [-0.2, -0.15) is 0 Å². The summed E-state index contributed by atoms with van der Waals surface area (Å²) in [6.45, 7) is 6.24. The molecule has 1 heterocycles. The molecule has 0 aliphatic heterocycles. The first-order valence-electron chi connectivity index (χ1n) is 6.90. The topological polar surface area (TPSA) is 42.0 Å². The number of benzene rings is 1. The summed E-state index contributed by atoms with van der Waals surface area (Å²) in [5, 5.41) is 3.08. The zero-order valence-electron chi connectivity index (χ0n) is 12.2. The molecule has 1 N–H and O–H groups in total. The van der Waals surface area contributed by atoms with E-state index in [1.54, 1.807) is 24.5 Å². The summed E-state index contributed by atoms with van der Waals surface area (Å²) in [7, 11) is 0. The number of carbonyl (C=O) groups is 1. The van der Waals surface area contributed by atoms with Crippen molar-refractivity contribution in [3.8, 4) is 0 Å². The molecule has 1 amide bonds. The minimum absolute atomic E-state index is 0.0308. The Morgan fingerprint density at radius 3 is 2.70 bits per heavy atom. The average molecular weight is 268 g/mol. The Morgan fingerprint density at radius 1 is 1.30 bits per heavy atom. The van der Waals surface area contributed by atoms with Crippen molar-refractivity contribution >= 4 is 5.91 Å². The van der Waals surface area contributed by atoms with Gasteiger partial charge in [-0.15, -0.1) is 0 Å². The van der Waals surface area contributed by atoms with Gasteiger partial charge in [-0.05, 0) is 43.5 Å². The molecular weight excluding hydrogens is 248 g/mol. The summed E-state index contributed by atoms with van der Waals surface area (Å²) in [5.41, 5.74) is 4.22. The molecule has 0 spiro atoms. The summed E-state index contributed by atoms with van der Waals surface area (Å²) in [6.07, 6.45) is 4.11. The lowest BCUT2D eigenvalue weighted by Crippen LogP contribution is -2.28. The van der Waals surface area contributed by atoms with Crippen molar-refractivity contribution in [3.63, 3.8) is 0 Å². The highest BCUT2D eigenvalue weighted by Gasteiger charge is 2.15. The van der Waals surface area contributed by atoms with Gasteiger partial charge in [0.15, 0.2) is 0 Å². The van der Waals surface area contributed by atoms with Crippen molar-refractivity contribution < 1.29 is 4.79 Å². The summed E-state index contributed by atoms with van der Waals surface area (Å²) in [4.78, 5) is 16.2. The average Bonchev–Trinajstić information content (AvgIpc) is 2.46. The fourth-order valence-electron chi connectivity index (χ4n) is 2.35. The van der Waals surface area contributed by atoms with Crippen LogP contribution in [0.15, 0.2) is 42.7 Å². The first-order valence-corrected chi connectivity index (χ1v) is 6.90. The van der Waals surface area contributed by atoms with E-state index in [1.165, 1.54) is 16.7 Å². The highest BCUT2D eigenvalue weighted by atomic mass is 16.1. The number of hydrogen-bond donors (Lipinski definition) is 1. The van der Waals surface area contributed by atoms with E-state index in [0.717, 1.165) is 6.42 Å².